The summed E-state index contributed by atoms with van der Waals surface area (Å²) in [7, 11) is 1.55. The minimum absolute atomic E-state index is 0.0949. The minimum Gasteiger partial charge on any atom is -0.496 e. The molecule has 2 N–H and O–H groups in total. The number of carbonyl (C=O) groups is 2. The van der Waals surface area contributed by atoms with Gasteiger partial charge in [-0.05, 0) is 31.0 Å². The van der Waals surface area contributed by atoms with Gasteiger partial charge < -0.3 is 15.2 Å². The second-order valence-electron chi connectivity index (χ2n) is 5.63. The molecule has 0 heterocycles. The second-order valence-corrected chi connectivity index (χ2v) is 6.54. The van der Waals surface area contributed by atoms with E-state index in [1.807, 2.05) is 12.1 Å². The maximum atomic E-state index is 12.3. The van der Waals surface area contributed by atoms with Gasteiger partial charge in [-0.3, -0.25) is 4.79 Å². The molecule has 2 rings (SSSR count). The number of carbonyl (C=O) groups excluding carboxylic acids is 1. The lowest BCUT2D eigenvalue weighted by atomic mass is 9.81. The zero-order valence-electron chi connectivity index (χ0n) is 12.5. The fraction of sp³-hybridized carbons (Fsp3) is 0.500. The van der Waals surface area contributed by atoms with Gasteiger partial charge >= 0.3 is 5.97 Å². The van der Waals surface area contributed by atoms with Gasteiger partial charge in [0.1, 0.15) is 11.3 Å². The predicted octanol–water partition coefficient (Wildman–Crippen LogP) is 2.90. The Morgan fingerprint density at radius 2 is 2.00 bits per heavy atom. The van der Waals surface area contributed by atoms with E-state index in [2.05, 4.69) is 21.2 Å². The summed E-state index contributed by atoms with van der Waals surface area (Å²) < 4.78 is 6.10. The zero-order valence-corrected chi connectivity index (χ0v) is 14.1. The molecule has 0 bridgehead atoms. The first kappa shape index (κ1) is 16.8. The first-order valence-electron chi connectivity index (χ1n) is 7.34. The summed E-state index contributed by atoms with van der Waals surface area (Å²) in [5, 5.41) is 12.2. The van der Waals surface area contributed by atoms with Gasteiger partial charge in [0.2, 0.25) is 5.91 Å². The molecule has 1 aliphatic carbocycles. The van der Waals surface area contributed by atoms with Crippen molar-refractivity contribution < 1.29 is 19.4 Å². The number of hydrogen-bond donors (Lipinski definition) is 2. The molecule has 1 saturated carbocycles. The van der Waals surface area contributed by atoms with E-state index in [4.69, 9.17) is 4.74 Å². The Bertz CT molecular complexity index is 567. The van der Waals surface area contributed by atoms with Crippen LogP contribution in [0.15, 0.2) is 22.7 Å². The molecule has 0 aliphatic heterocycles. The number of benzene rings is 1. The molecular formula is C16H20BrNO4. The minimum atomic E-state index is -1.12. The number of rotatable bonds is 5. The normalized spacial score (nSPS) is 16.8. The van der Waals surface area contributed by atoms with Crippen molar-refractivity contribution in [1.82, 2.24) is 5.32 Å². The van der Waals surface area contributed by atoms with Gasteiger partial charge in [0, 0.05) is 10.0 Å². The molecule has 0 spiro atoms. The van der Waals surface area contributed by atoms with Crippen LogP contribution in [-0.2, 0) is 16.0 Å². The van der Waals surface area contributed by atoms with Crippen molar-refractivity contribution in [3.63, 3.8) is 0 Å². The Balaban J connectivity index is 2.12. The van der Waals surface area contributed by atoms with E-state index in [1.54, 1.807) is 13.2 Å². The van der Waals surface area contributed by atoms with Crippen LogP contribution < -0.4 is 10.1 Å². The number of methoxy groups -OCH3 is 1. The van der Waals surface area contributed by atoms with Crippen LogP contribution in [0.25, 0.3) is 0 Å². The summed E-state index contributed by atoms with van der Waals surface area (Å²) in [6.45, 7) is 0. The Kier molecular flexibility index (Phi) is 5.45. The molecule has 1 aliphatic rings. The summed E-state index contributed by atoms with van der Waals surface area (Å²) >= 11 is 3.37. The van der Waals surface area contributed by atoms with Gasteiger partial charge in [-0.1, -0.05) is 35.2 Å². The number of carboxylic acid groups (broad SMARTS) is 1. The lowest BCUT2D eigenvalue weighted by Gasteiger charge is -2.34. The summed E-state index contributed by atoms with van der Waals surface area (Å²) in [5.41, 5.74) is -0.389. The largest absolute Gasteiger partial charge is 0.496 e. The SMILES string of the molecule is COc1ccc(Br)cc1CC(=O)NC1(C(=O)O)CCCCC1. The quantitative estimate of drug-likeness (QED) is 0.836. The average Bonchev–Trinajstić information content (AvgIpc) is 2.48. The maximum Gasteiger partial charge on any atom is 0.329 e. The molecule has 0 radical (unpaired) electrons. The van der Waals surface area contributed by atoms with Crippen molar-refractivity contribution in [2.45, 2.75) is 44.1 Å². The first-order chi connectivity index (χ1) is 10.5. The molecule has 120 valence electrons. The van der Waals surface area contributed by atoms with Gasteiger partial charge in [0.05, 0.1) is 13.5 Å². The fourth-order valence-electron chi connectivity index (χ4n) is 2.92. The predicted molar refractivity (Wildman–Crippen MR) is 86.0 cm³/mol. The van der Waals surface area contributed by atoms with Gasteiger partial charge in [-0.2, -0.15) is 0 Å². The van der Waals surface area contributed by atoms with Gasteiger partial charge in [-0.25, -0.2) is 4.79 Å². The molecular weight excluding hydrogens is 350 g/mol. The third kappa shape index (κ3) is 3.80. The average molecular weight is 370 g/mol. The van der Waals surface area contributed by atoms with Crippen molar-refractivity contribution in [3.05, 3.63) is 28.2 Å². The van der Waals surface area contributed by atoms with Crippen molar-refractivity contribution in [3.8, 4) is 5.75 Å². The van der Waals surface area contributed by atoms with Crippen molar-refractivity contribution in [2.24, 2.45) is 0 Å². The standard InChI is InChI=1S/C16H20BrNO4/c1-22-13-6-5-12(17)9-11(13)10-14(19)18-16(15(20)21)7-3-2-4-8-16/h5-6,9H,2-4,7-8,10H2,1H3,(H,18,19)(H,20,21). The highest BCUT2D eigenvalue weighted by Gasteiger charge is 2.40. The van der Waals surface area contributed by atoms with Gasteiger partial charge in [0.15, 0.2) is 0 Å². The smallest absolute Gasteiger partial charge is 0.329 e. The molecule has 5 nitrogen and oxygen atoms in total. The van der Waals surface area contributed by atoms with E-state index in [0.29, 0.717) is 18.6 Å². The highest BCUT2D eigenvalue weighted by atomic mass is 79.9. The third-order valence-electron chi connectivity index (χ3n) is 4.09. The molecule has 1 aromatic carbocycles. The number of hydrogen-bond acceptors (Lipinski definition) is 3. The first-order valence-corrected chi connectivity index (χ1v) is 8.13. The van der Waals surface area contributed by atoms with Crippen molar-refractivity contribution in [2.75, 3.05) is 7.11 Å². The Morgan fingerprint density at radius 3 is 2.59 bits per heavy atom. The molecule has 22 heavy (non-hydrogen) atoms. The van der Waals surface area contributed by atoms with E-state index >= 15 is 0 Å². The number of ether oxygens (including phenoxy) is 1. The summed E-state index contributed by atoms with van der Waals surface area (Å²) in [4.78, 5) is 23.9. The lowest BCUT2D eigenvalue weighted by molar-refractivity contribution is -0.149. The van der Waals surface area contributed by atoms with Crippen LogP contribution in [0.4, 0.5) is 0 Å². The molecule has 0 atom stereocenters. The number of nitrogens with one attached hydrogen (secondary N) is 1. The fourth-order valence-corrected chi connectivity index (χ4v) is 3.33. The number of carboxylic acids is 1. The van der Waals surface area contributed by atoms with Crippen molar-refractivity contribution >= 4 is 27.8 Å². The Hall–Kier alpha value is -1.56. The van der Waals surface area contributed by atoms with Crippen LogP contribution in [0.3, 0.4) is 0 Å². The summed E-state index contributed by atoms with van der Waals surface area (Å²) in [6.07, 6.45) is 3.74. The lowest BCUT2D eigenvalue weighted by Crippen LogP contribution is -2.56. The molecule has 1 aromatic rings. The van der Waals surface area contributed by atoms with E-state index in [0.717, 1.165) is 29.3 Å². The zero-order chi connectivity index (χ0) is 16.2. The van der Waals surface area contributed by atoms with Crippen LogP contribution in [0.1, 0.15) is 37.7 Å². The summed E-state index contributed by atoms with van der Waals surface area (Å²) in [6, 6.07) is 5.42. The second kappa shape index (κ2) is 7.13. The van der Waals surface area contributed by atoms with Crippen molar-refractivity contribution in [1.29, 1.82) is 0 Å². The van der Waals surface area contributed by atoms with E-state index < -0.39 is 11.5 Å². The van der Waals surface area contributed by atoms with E-state index in [-0.39, 0.29) is 12.3 Å². The monoisotopic (exact) mass is 369 g/mol. The highest BCUT2D eigenvalue weighted by Crippen LogP contribution is 2.29. The van der Waals surface area contributed by atoms with Crippen LogP contribution >= 0.6 is 15.9 Å². The van der Waals surface area contributed by atoms with Crippen LogP contribution in [-0.4, -0.2) is 29.6 Å². The van der Waals surface area contributed by atoms with E-state index in [1.165, 1.54) is 0 Å². The molecule has 6 heteroatoms. The number of amides is 1. The number of halogens is 1. The molecule has 0 saturated heterocycles. The van der Waals surface area contributed by atoms with Crippen LogP contribution in [0.2, 0.25) is 0 Å². The van der Waals surface area contributed by atoms with Gasteiger partial charge in [0.25, 0.3) is 0 Å². The summed E-state index contributed by atoms with van der Waals surface area (Å²) in [5.74, 6) is -0.617. The highest BCUT2D eigenvalue weighted by molar-refractivity contribution is 9.10. The maximum absolute atomic E-state index is 12.3. The number of aliphatic carboxylic acids is 1. The molecule has 1 amide bonds. The molecule has 0 unspecified atom stereocenters. The van der Waals surface area contributed by atoms with Gasteiger partial charge in [-0.15, -0.1) is 0 Å². The Morgan fingerprint density at radius 1 is 1.32 bits per heavy atom. The Labute approximate surface area is 138 Å². The third-order valence-corrected chi connectivity index (χ3v) is 4.58. The van der Waals surface area contributed by atoms with Crippen LogP contribution in [0, 0.1) is 0 Å². The van der Waals surface area contributed by atoms with E-state index in [9.17, 15) is 14.7 Å². The van der Waals surface area contributed by atoms with Crippen LogP contribution in [0.5, 0.6) is 5.75 Å². The molecule has 0 aromatic heterocycles. The topological polar surface area (TPSA) is 75.6 Å². The molecule has 1 fully saturated rings.